The van der Waals surface area contributed by atoms with Crippen LogP contribution in [0.3, 0.4) is 0 Å². The Hall–Kier alpha value is -6.64. The molecule has 0 saturated carbocycles. The summed E-state index contributed by atoms with van der Waals surface area (Å²) in [6.07, 6.45) is 14.5. The van der Waals surface area contributed by atoms with Gasteiger partial charge in [-0.3, -0.25) is 19.9 Å². The first kappa shape index (κ1) is 64.4. The molecular formula is C50H48CuF12N4O2P2. The summed E-state index contributed by atoms with van der Waals surface area (Å²) < 4.78 is 118. The van der Waals surface area contributed by atoms with E-state index in [9.17, 15) is 60.0 Å². The Kier molecular flexibility index (Phi) is 25.6. The average molecular weight is 1090 g/mol. The molecule has 4 aromatic heterocycles. The number of halogens is 12. The van der Waals surface area contributed by atoms with Crippen molar-refractivity contribution in [2.24, 2.45) is 0 Å². The third-order valence-corrected chi connectivity index (χ3v) is 7.15. The molecule has 4 aromatic carbocycles. The third kappa shape index (κ3) is 44.3. The minimum absolute atomic E-state index is 0. The zero-order valence-electron chi connectivity index (χ0n) is 38.1. The molecule has 1 radical (unpaired) electrons. The maximum Gasteiger partial charge on any atom is 2.00 e. The third-order valence-electron chi connectivity index (χ3n) is 7.15. The van der Waals surface area contributed by atoms with Gasteiger partial charge in [-0.25, -0.2) is 0 Å². The molecule has 8 rings (SSSR count). The van der Waals surface area contributed by atoms with Crippen molar-refractivity contribution >= 4 is 27.2 Å². The van der Waals surface area contributed by atoms with Gasteiger partial charge in [-0.1, -0.05) is 121 Å². The van der Waals surface area contributed by atoms with Gasteiger partial charge in [0, 0.05) is 49.6 Å². The normalized spacial score (nSPS) is 11.8. The maximum atomic E-state index is 9.87. The van der Waals surface area contributed by atoms with E-state index in [1.54, 1.807) is 0 Å². The number of Topliss-reactive ketones (excluding diaryl/α,β-unsaturated/α-hetero) is 2. The van der Waals surface area contributed by atoms with Crippen LogP contribution >= 0.6 is 15.6 Å². The second kappa shape index (κ2) is 28.3. The number of nitrogens with zero attached hydrogens (tertiary/aromatic N) is 4. The van der Waals surface area contributed by atoms with Crippen LogP contribution in [0.5, 0.6) is 0 Å². The summed E-state index contributed by atoms with van der Waals surface area (Å²) >= 11 is 0. The predicted molar refractivity (Wildman–Crippen MR) is 259 cm³/mol. The molecule has 0 unspecified atom stereocenters. The Morgan fingerprint density at radius 2 is 0.366 bits per heavy atom. The van der Waals surface area contributed by atoms with Gasteiger partial charge in [0.15, 0.2) is 0 Å². The maximum absolute atomic E-state index is 10.7. The van der Waals surface area contributed by atoms with Crippen LogP contribution in [-0.4, -0.2) is 31.5 Å². The summed E-state index contributed by atoms with van der Waals surface area (Å²) in [6.45, 7) is 6.11. The molecule has 71 heavy (non-hydrogen) atoms. The molecular weight excluding hydrogens is 1040 g/mol. The number of aromatic nitrogens is 4. The van der Waals surface area contributed by atoms with Crippen molar-refractivity contribution in [1.82, 2.24) is 19.9 Å². The van der Waals surface area contributed by atoms with Crippen molar-refractivity contribution in [3.63, 3.8) is 0 Å². The Bertz CT molecular complexity index is 2160. The van der Waals surface area contributed by atoms with E-state index in [-0.39, 0.29) is 28.6 Å². The van der Waals surface area contributed by atoms with Gasteiger partial charge in [0.25, 0.3) is 0 Å². The summed E-state index contributed by atoms with van der Waals surface area (Å²) in [7, 11) is -21.3. The van der Waals surface area contributed by atoms with Gasteiger partial charge in [-0.05, 0) is 121 Å². The molecule has 385 valence electrons. The van der Waals surface area contributed by atoms with Crippen LogP contribution in [0.1, 0.15) is 27.7 Å². The Balaban J connectivity index is 0.000000811. The number of pyridine rings is 4. The molecule has 4 heterocycles. The van der Waals surface area contributed by atoms with Crippen molar-refractivity contribution in [1.29, 1.82) is 0 Å². The fraction of sp³-hybridized carbons (Fsp3) is 0.0800. The number of ketones is 2. The van der Waals surface area contributed by atoms with Gasteiger partial charge in [0.05, 0.1) is 0 Å². The van der Waals surface area contributed by atoms with Crippen molar-refractivity contribution in [3.05, 3.63) is 219 Å². The molecule has 0 aliphatic carbocycles. The van der Waals surface area contributed by atoms with Gasteiger partial charge in [-0.2, -0.15) is 0 Å². The Labute approximate surface area is 414 Å². The minimum atomic E-state index is -10.7. The van der Waals surface area contributed by atoms with Crippen LogP contribution in [0.2, 0.25) is 0 Å². The van der Waals surface area contributed by atoms with Gasteiger partial charge in [0.1, 0.15) is 11.6 Å². The molecule has 0 spiro atoms. The fourth-order valence-corrected chi connectivity index (χ4v) is 4.70. The van der Waals surface area contributed by atoms with Crippen molar-refractivity contribution in [2.45, 2.75) is 27.7 Å². The molecule has 0 aliphatic rings. The van der Waals surface area contributed by atoms with E-state index in [1.165, 1.54) is 72.2 Å². The number of hydrogen-bond acceptors (Lipinski definition) is 6. The fourth-order valence-electron chi connectivity index (χ4n) is 4.70. The Morgan fingerprint density at radius 3 is 0.479 bits per heavy atom. The first-order valence-corrected chi connectivity index (χ1v) is 24.2. The summed E-state index contributed by atoms with van der Waals surface area (Å²) in [5, 5.41) is 0. The van der Waals surface area contributed by atoms with Crippen molar-refractivity contribution in [3.8, 4) is 44.5 Å². The predicted octanol–water partition coefficient (Wildman–Crippen LogP) is 18.9. The number of carbonyl (C=O) groups is 2. The van der Waals surface area contributed by atoms with Crippen LogP contribution < -0.4 is 0 Å². The van der Waals surface area contributed by atoms with E-state index in [1.807, 2.05) is 171 Å². The quantitative estimate of drug-likeness (QED) is 0.0992. The SMILES string of the molecule is CC(C)=O.CC(C)=O.F[P-](F)(F)(F)(F)F.F[P-](F)(F)(F)(F)F.[Cu+2].c1ccc(-c2ccncc2)cc1.c1ccc(-c2ccncc2)cc1.c1ccc(-c2ccncc2)cc1.c1ccc(-c2ccncc2)cc1. The summed E-state index contributed by atoms with van der Waals surface area (Å²) in [6, 6.07) is 57.2. The van der Waals surface area contributed by atoms with E-state index in [2.05, 4.69) is 68.5 Å². The van der Waals surface area contributed by atoms with Crippen molar-refractivity contribution in [2.75, 3.05) is 0 Å². The van der Waals surface area contributed by atoms with E-state index in [4.69, 9.17) is 0 Å². The monoisotopic (exact) mass is 1090 g/mol. The van der Waals surface area contributed by atoms with E-state index in [0.717, 1.165) is 0 Å². The second-order valence-corrected chi connectivity index (χ2v) is 18.0. The van der Waals surface area contributed by atoms with E-state index < -0.39 is 15.6 Å². The minimum Gasteiger partial charge on any atom is -0.265 e. The Morgan fingerprint density at radius 1 is 0.268 bits per heavy atom. The van der Waals surface area contributed by atoms with E-state index in [0.29, 0.717) is 0 Å². The number of benzene rings is 4. The molecule has 0 aliphatic heterocycles. The van der Waals surface area contributed by atoms with Crippen LogP contribution in [0, 0.1) is 0 Å². The molecule has 0 atom stereocenters. The zero-order valence-corrected chi connectivity index (χ0v) is 40.9. The average Bonchev–Trinajstić information content (AvgIpc) is 3.30. The summed E-state index contributed by atoms with van der Waals surface area (Å²) in [5.74, 6) is 0.333. The van der Waals surface area contributed by atoms with Crippen LogP contribution in [0.25, 0.3) is 44.5 Å². The van der Waals surface area contributed by atoms with Crippen LogP contribution in [0.4, 0.5) is 50.4 Å². The van der Waals surface area contributed by atoms with Gasteiger partial charge < -0.3 is 9.59 Å². The zero-order chi connectivity index (χ0) is 52.9. The van der Waals surface area contributed by atoms with Gasteiger partial charge in [0.2, 0.25) is 0 Å². The molecule has 0 N–H and O–H groups in total. The summed E-state index contributed by atoms with van der Waals surface area (Å²) in [5.41, 5.74) is 9.80. The number of carbonyl (C=O) groups excluding carboxylic acids is 2. The van der Waals surface area contributed by atoms with Crippen LogP contribution in [-0.2, 0) is 26.7 Å². The summed E-state index contributed by atoms with van der Waals surface area (Å²) in [4.78, 5) is 34.8. The second-order valence-electron chi connectivity index (χ2n) is 14.1. The van der Waals surface area contributed by atoms with Crippen LogP contribution in [0.15, 0.2) is 219 Å². The molecule has 0 fully saturated rings. The number of rotatable bonds is 4. The molecule has 0 bridgehead atoms. The molecule has 0 amide bonds. The van der Waals surface area contributed by atoms with Gasteiger partial charge >= 0.3 is 83.0 Å². The molecule has 8 aromatic rings. The molecule has 21 heteroatoms. The standard InChI is InChI=1S/4C11H9N.2C3H6O.Cu.2F6P/c4*1-2-4-10(5-3-1)11-6-8-12-9-7-11;2*1-3(2)4;;2*1-7(2,3,4,5)6/h4*1-9H;2*1-2H3;;;/q;;;;;;+2;2*-1. The molecule has 6 nitrogen and oxygen atoms in total. The smallest absolute Gasteiger partial charge is 0.265 e. The van der Waals surface area contributed by atoms with E-state index >= 15 is 0 Å². The molecule has 0 saturated heterocycles. The first-order chi connectivity index (χ1) is 32.2. The topological polar surface area (TPSA) is 85.7 Å². The number of hydrogen-bond donors (Lipinski definition) is 0. The largest absolute Gasteiger partial charge is 2.00 e. The first-order valence-electron chi connectivity index (χ1n) is 20.1. The van der Waals surface area contributed by atoms with Crippen molar-refractivity contribution < 1.29 is 77.0 Å². The van der Waals surface area contributed by atoms with Gasteiger partial charge in [-0.15, -0.1) is 0 Å².